The van der Waals surface area contributed by atoms with Crippen molar-refractivity contribution in [2.24, 2.45) is 5.10 Å². The normalized spacial score (nSPS) is 11.8. The van der Waals surface area contributed by atoms with E-state index in [1.165, 1.54) is 13.3 Å². The highest BCUT2D eigenvalue weighted by Crippen LogP contribution is 2.37. The van der Waals surface area contributed by atoms with E-state index >= 15 is 0 Å². The molecule has 0 spiro atoms. The predicted molar refractivity (Wildman–Crippen MR) is 114 cm³/mol. The average Bonchev–Trinajstić information content (AvgIpc) is 2.71. The van der Waals surface area contributed by atoms with Gasteiger partial charge in [-0.3, -0.25) is 4.79 Å². The molecule has 0 aliphatic heterocycles. The van der Waals surface area contributed by atoms with Gasteiger partial charge in [0.2, 0.25) is 5.75 Å². The molecule has 0 heterocycles. The molecule has 0 aromatic heterocycles. The Morgan fingerprint density at radius 1 is 1.14 bits per heavy atom. The van der Waals surface area contributed by atoms with Gasteiger partial charge in [0.15, 0.2) is 11.5 Å². The standard InChI is InChI=1S/C20H24BrN3O4/c1-5-16(23-15-8-6-7-14(21)11-15)20(25)24-22-12-13-9-17(26-2)19(28-4)18(10-13)27-3/h6-12,16,23H,5H2,1-4H3,(H,24,25). The summed E-state index contributed by atoms with van der Waals surface area (Å²) in [4.78, 5) is 12.4. The monoisotopic (exact) mass is 449 g/mol. The van der Waals surface area contributed by atoms with Gasteiger partial charge >= 0.3 is 0 Å². The van der Waals surface area contributed by atoms with Gasteiger partial charge in [0.1, 0.15) is 6.04 Å². The number of carbonyl (C=O) groups excluding carboxylic acids is 1. The smallest absolute Gasteiger partial charge is 0.262 e. The van der Waals surface area contributed by atoms with Gasteiger partial charge in [-0.2, -0.15) is 5.10 Å². The summed E-state index contributed by atoms with van der Waals surface area (Å²) in [5, 5.41) is 7.25. The number of amides is 1. The Morgan fingerprint density at radius 3 is 2.36 bits per heavy atom. The summed E-state index contributed by atoms with van der Waals surface area (Å²) in [5.74, 6) is 1.29. The van der Waals surface area contributed by atoms with Gasteiger partial charge in [-0.05, 0) is 36.8 Å². The van der Waals surface area contributed by atoms with Crippen LogP contribution in [0.3, 0.4) is 0 Å². The van der Waals surface area contributed by atoms with E-state index in [4.69, 9.17) is 14.2 Å². The Hall–Kier alpha value is -2.74. The number of anilines is 1. The molecule has 7 nitrogen and oxygen atoms in total. The van der Waals surface area contributed by atoms with Crippen LogP contribution in [0, 0.1) is 0 Å². The van der Waals surface area contributed by atoms with Crippen molar-refractivity contribution in [3.8, 4) is 17.2 Å². The Balaban J connectivity index is 2.07. The lowest BCUT2D eigenvalue weighted by atomic mass is 10.2. The van der Waals surface area contributed by atoms with Crippen LogP contribution in [0.1, 0.15) is 18.9 Å². The first-order chi connectivity index (χ1) is 13.5. The summed E-state index contributed by atoms with van der Waals surface area (Å²) in [6, 6.07) is 10.7. The zero-order valence-corrected chi connectivity index (χ0v) is 17.9. The minimum Gasteiger partial charge on any atom is -0.493 e. The van der Waals surface area contributed by atoms with Crippen LogP contribution in [-0.4, -0.2) is 39.5 Å². The SMILES string of the molecule is CCC(Nc1cccc(Br)c1)C(=O)NN=Cc1cc(OC)c(OC)c(OC)c1. The van der Waals surface area contributed by atoms with E-state index in [1.54, 1.807) is 26.4 Å². The number of nitrogens with one attached hydrogen (secondary N) is 2. The van der Waals surface area contributed by atoms with Crippen LogP contribution in [0.25, 0.3) is 0 Å². The third-order valence-corrected chi connectivity index (χ3v) is 4.46. The molecule has 2 rings (SSSR count). The fourth-order valence-corrected chi connectivity index (χ4v) is 2.96. The summed E-state index contributed by atoms with van der Waals surface area (Å²) in [7, 11) is 4.62. The zero-order valence-electron chi connectivity index (χ0n) is 16.3. The van der Waals surface area contributed by atoms with Crippen LogP contribution in [0.2, 0.25) is 0 Å². The molecule has 0 radical (unpaired) electrons. The molecule has 0 saturated carbocycles. The predicted octanol–water partition coefficient (Wildman–Crippen LogP) is 3.82. The lowest BCUT2D eigenvalue weighted by Crippen LogP contribution is -2.36. The highest BCUT2D eigenvalue weighted by Gasteiger charge is 2.16. The number of benzene rings is 2. The Labute approximate surface area is 173 Å². The maximum Gasteiger partial charge on any atom is 0.262 e. The third kappa shape index (κ3) is 5.63. The van der Waals surface area contributed by atoms with Crippen molar-refractivity contribution >= 4 is 33.7 Å². The lowest BCUT2D eigenvalue weighted by molar-refractivity contribution is -0.121. The van der Waals surface area contributed by atoms with Crippen LogP contribution in [0.4, 0.5) is 5.69 Å². The van der Waals surface area contributed by atoms with Gasteiger partial charge in [0.25, 0.3) is 5.91 Å². The molecule has 1 unspecified atom stereocenters. The number of hydrogen-bond acceptors (Lipinski definition) is 6. The van der Waals surface area contributed by atoms with Crippen molar-refractivity contribution in [1.29, 1.82) is 0 Å². The van der Waals surface area contributed by atoms with Crippen LogP contribution >= 0.6 is 15.9 Å². The van der Waals surface area contributed by atoms with Gasteiger partial charge in [-0.25, -0.2) is 5.43 Å². The van der Waals surface area contributed by atoms with Crippen molar-refractivity contribution in [2.75, 3.05) is 26.6 Å². The van der Waals surface area contributed by atoms with Crippen LogP contribution in [0.15, 0.2) is 46.0 Å². The van der Waals surface area contributed by atoms with Crippen LogP contribution < -0.4 is 25.0 Å². The molecule has 0 saturated heterocycles. The van der Waals surface area contributed by atoms with E-state index in [0.29, 0.717) is 29.2 Å². The Bertz CT molecular complexity index is 817. The van der Waals surface area contributed by atoms with Gasteiger partial charge in [-0.1, -0.05) is 28.9 Å². The highest BCUT2D eigenvalue weighted by atomic mass is 79.9. The molecule has 150 valence electrons. The molecule has 0 fully saturated rings. The number of rotatable bonds is 9. The molecule has 1 atom stereocenters. The number of carbonyl (C=O) groups is 1. The number of ether oxygens (including phenoxy) is 3. The van der Waals surface area contributed by atoms with Crippen molar-refractivity contribution in [3.63, 3.8) is 0 Å². The molecule has 2 aromatic carbocycles. The molecule has 8 heteroatoms. The van der Waals surface area contributed by atoms with E-state index < -0.39 is 6.04 Å². The largest absolute Gasteiger partial charge is 0.493 e. The highest BCUT2D eigenvalue weighted by molar-refractivity contribution is 9.10. The second-order valence-corrected chi connectivity index (χ2v) is 6.72. The topological polar surface area (TPSA) is 81.2 Å². The Kier molecular flexibility index (Phi) is 8.13. The second-order valence-electron chi connectivity index (χ2n) is 5.81. The van der Waals surface area contributed by atoms with E-state index in [2.05, 4.69) is 31.8 Å². The minimum atomic E-state index is -0.411. The number of halogens is 1. The average molecular weight is 450 g/mol. The van der Waals surface area contributed by atoms with E-state index in [0.717, 1.165) is 10.2 Å². The second kappa shape index (κ2) is 10.6. The van der Waals surface area contributed by atoms with Crippen LogP contribution in [0.5, 0.6) is 17.2 Å². The van der Waals surface area contributed by atoms with E-state index in [1.807, 2.05) is 31.2 Å². The molecule has 1 amide bonds. The molecule has 0 aliphatic carbocycles. The third-order valence-electron chi connectivity index (χ3n) is 3.97. The molecule has 28 heavy (non-hydrogen) atoms. The van der Waals surface area contributed by atoms with Crippen molar-refractivity contribution < 1.29 is 19.0 Å². The maximum absolute atomic E-state index is 12.4. The first kappa shape index (κ1) is 21.6. The molecular formula is C20H24BrN3O4. The van der Waals surface area contributed by atoms with Crippen molar-refractivity contribution in [3.05, 3.63) is 46.4 Å². The van der Waals surface area contributed by atoms with Crippen molar-refractivity contribution in [2.45, 2.75) is 19.4 Å². The first-order valence-electron chi connectivity index (χ1n) is 8.67. The zero-order chi connectivity index (χ0) is 20.5. The fraction of sp³-hybridized carbons (Fsp3) is 0.300. The number of hydrogen-bond donors (Lipinski definition) is 2. The summed E-state index contributed by atoms with van der Waals surface area (Å²) in [5.41, 5.74) is 4.11. The fourth-order valence-electron chi connectivity index (χ4n) is 2.56. The summed E-state index contributed by atoms with van der Waals surface area (Å²) in [6.45, 7) is 1.93. The first-order valence-corrected chi connectivity index (χ1v) is 9.46. The molecule has 2 N–H and O–H groups in total. The Morgan fingerprint density at radius 2 is 1.82 bits per heavy atom. The maximum atomic E-state index is 12.4. The lowest BCUT2D eigenvalue weighted by Gasteiger charge is -2.16. The molecular weight excluding hydrogens is 426 g/mol. The number of hydrazone groups is 1. The number of methoxy groups -OCH3 is 3. The summed E-state index contributed by atoms with van der Waals surface area (Å²) in [6.07, 6.45) is 2.13. The van der Waals surface area contributed by atoms with E-state index in [9.17, 15) is 4.79 Å². The summed E-state index contributed by atoms with van der Waals surface area (Å²) < 4.78 is 16.9. The van der Waals surface area contributed by atoms with Crippen molar-refractivity contribution in [1.82, 2.24) is 5.43 Å². The molecule has 0 aliphatic rings. The summed E-state index contributed by atoms with van der Waals surface area (Å²) >= 11 is 3.42. The van der Waals surface area contributed by atoms with Gasteiger partial charge in [0.05, 0.1) is 27.5 Å². The van der Waals surface area contributed by atoms with Gasteiger partial charge in [0, 0.05) is 15.7 Å². The minimum absolute atomic E-state index is 0.230. The van der Waals surface area contributed by atoms with Gasteiger partial charge in [-0.15, -0.1) is 0 Å². The van der Waals surface area contributed by atoms with Crippen LogP contribution in [-0.2, 0) is 4.79 Å². The van der Waals surface area contributed by atoms with Gasteiger partial charge < -0.3 is 19.5 Å². The molecule has 0 bridgehead atoms. The molecule has 2 aromatic rings. The number of nitrogens with zero attached hydrogens (tertiary/aromatic N) is 1. The quantitative estimate of drug-likeness (QED) is 0.449. The van der Waals surface area contributed by atoms with E-state index in [-0.39, 0.29) is 5.91 Å².